The van der Waals surface area contributed by atoms with Gasteiger partial charge < -0.3 is 5.32 Å². The summed E-state index contributed by atoms with van der Waals surface area (Å²) in [6.07, 6.45) is 2.50. The second-order valence-electron chi connectivity index (χ2n) is 11.4. The van der Waals surface area contributed by atoms with E-state index in [0.717, 1.165) is 25.0 Å². The molecule has 50 heavy (non-hydrogen) atoms. The lowest BCUT2D eigenvalue weighted by Gasteiger charge is -2.13. The first-order valence-corrected chi connectivity index (χ1v) is 18.0. The number of nitriles is 1. The van der Waals surface area contributed by atoms with E-state index >= 15 is 4.39 Å². The summed E-state index contributed by atoms with van der Waals surface area (Å²) < 4.78 is 60.8. The van der Waals surface area contributed by atoms with Gasteiger partial charge in [0.2, 0.25) is 5.91 Å². The molecule has 9 nitrogen and oxygen atoms in total. The highest BCUT2D eigenvalue weighted by Crippen LogP contribution is 2.32. The van der Waals surface area contributed by atoms with Crippen molar-refractivity contribution in [2.75, 3.05) is 5.32 Å². The molecular formula is C37H32BrF2N5O4S. The minimum absolute atomic E-state index is 0.0244. The van der Waals surface area contributed by atoms with Crippen molar-refractivity contribution in [3.63, 3.8) is 0 Å². The molecule has 0 saturated carbocycles. The van der Waals surface area contributed by atoms with Crippen molar-refractivity contribution in [3.8, 4) is 22.9 Å². The third kappa shape index (κ3) is 7.82. The van der Waals surface area contributed by atoms with E-state index in [1.807, 2.05) is 11.6 Å². The van der Waals surface area contributed by atoms with Crippen LogP contribution >= 0.6 is 15.9 Å². The molecule has 256 valence electrons. The first-order valence-electron chi connectivity index (χ1n) is 15.8. The van der Waals surface area contributed by atoms with Crippen LogP contribution in [0.25, 0.3) is 16.8 Å². The van der Waals surface area contributed by atoms with Crippen LogP contribution in [0.4, 0.5) is 14.5 Å². The number of carbonyl (C=O) groups is 2. The SMILES string of the molecule is CCCCc1nn(-c2cc(NC(=O)CC)ccc2Br)c(C#N)c1Cc1ccc(-c2ccccc2S(=O)(=O)NC(=O)c2ccccc2F)cc1F. The number of nitrogens with one attached hydrogen (secondary N) is 2. The van der Waals surface area contributed by atoms with Gasteiger partial charge in [-0.25, -0.2) is 26.6 Å². The number of benzene rings is 4. The van der Waals surface area contributed by atoms with Crippen molar-refractivity contribution in [2.24, 2.45) is 0 Å². The predicted octanol–water partition coefficient (Wildman–Crippen LogP) is 7.85. The standard InChI is InChI=1S/C37H32BrF2N5O4S/c1-3-5-13-32-28(34(22-41)45(43-32)33-21-25(17-18-29(33)38)42-36(46)4-2)19-24-16-15-23(20-31(24)40)26-10-7-9-14-35(26)50(48,49)44-37(47)27-11-6-8-12-30(27)39/h6-12,14-18,20-21H,3-5,13,19H2,1-2H3,(H,42,46)(H,44,47). The Morgan fingerprint density at radius 3 is 2.40 bits per heavy atom. The fourth-order valence-corrected chi connectivity index (χ4v) is 6.99. The molecule has 0 aliphatic heterocycles. The molecule has 0 radical (unpaired) electrons. The van der Waals surface area contributed by atoms with E-state index in [0.29, 0.717) is 39.9 Å². The molecule has 5 aromatic rings. The zero-order valence-electron chi connectivity index (χ0n) is 27.1. The van der Waals surface area contributed by atoms with Gasteiger partial charge in [-0.05, 0) is 82.4 Å². The van der Waals surface area contributed by atoms with Crippen LogP contribution in [-0.2, 0) is 27.7 Å². The van der Waals surface area contributed by atoms with Gasteiger partial charge in [0.25, 0.3) is 15.9 Å². The Balaban J connectivity index is 1.50. The van der Waals surface area contributed by atoms with Crippen molar-refractivity contribution in [2.45, 2.75) is 50.8 Å². The Kier molecular flexibility index (Phi) is 11.2. The van der Waals surface area contributed by atoms with Gasteiger partial charge in [-0.1, -0.05) is 62.7 Å². The maximum absolute atomic E-state index is 15.9. The smallest absolute Gasteiger partial charge is 0.267 e. The minimum Gasteiger partial charge on any atom is -0.326 e. The first-order chi connectivity index (χ1) is 24.0. The third-order valence-electron chi connectivity index (χ3n) is 7.97. The maximum atomic E-state index is 15.9. The van der Waals surface area contributed by atoms with Gasteiger partial charge >= 0.3 is 0 Å². The molecule has 5 rings (SSSR count). The zero-order valence-corrected chi connectivity index (χ0v) is 29.5. The molecule has 0 saturated heterocycles. The highest BCUT2D eigenvalue weighted by atomic mass is 79.9. The lowest BCUT2D eigenvalue weighted by Crippen LogP contribution is -2.31. The first kappa shape index (κ1) is 36.1. The highest BCUT2D eigenvalue weighted by molar-refractivity contribution is 9.10. The Hall–Kier alpha value is -5.19. The molecule has 0 spiro atoms. The van der Waals surface area contributed by atoms with Crippen molar-refractivity contribution in [1.82, 2.24) is 14.5 Å². The van der Waals surface area contributed by atoms with E-state index in [1.54, 1.807) is 37.3 Å². The topological polar surface area (TPSA) is 134 Å². The van der Waals surface area contributed by atoms with Crippen molar-refractivity contribution in [1.29, 1.82) is 5.26 Å². The van der Waals surface area contributed by atoms with E-state index in [2.05, 4.69) is 27.3 Å². The van der Waals surface area contributed by atoms with E-state index in [-0.39, 0.29) is 39.6 Å². The lowest BCUT2D eigenvalue weighted by molar-refractivity contribution is -0.115. The van der Waals surface area contributed by atoms with Crippen LogP contribution in [0.2, 0.25) is 0 Å². The Bertz CT molecular complexity index is 2250. The number of amides is 2. The van der Waals surface area contributed by atoms with Gasteiger partial charge in [0, 0.05) is 34.1 Å². The summed E-state index contributed by atoms with van der Waals surface area (Å²) in [5, 5.41) is 17.9. The number of anilines is 1. The molecule has 0 aliphatic carbocycles. The van der Waals surface area contributed by atoms with Crippen LogP contribution in [0.5, 0.6) is 0 Å². The minimum atomic E-state index is -4.50. The lowest BCUT2D eigenvalue weighted by atomic mass is 9.97. The third-order valence-corrected chi connectivity index (χ3v) is 10.0. The number of aryl methyl sites for hydroxylation is 1. The number of nitrogens with zero attached hydrogens (tertiary/aromatic N) is 3. The molecule has 1 heterocycles. The molecule has 0 fully saturated rings. The fourth-order valence-electron chi connectivity index (χ4n) is 5.38. The molecule has 0 bridgehead atoms. The molecule has 2 amide bonds. The van der Waals surface area contributed by atoms with Crippen LogP contribution in [0, 0.1) is 23.0 Å². The van der Waals surface area contributed by atoms with E-state index in [1.165, 1.54) is 47.1 Å². The molecule has 13 heteroatoms. The highest BCUT2D eigenvalue weighted by Gasteiger charge is 2.25. The Morgan fingerprint density at radius 1 is 0.960 bits per heavy atom. The summed E-state index contributed by atoms with van der Waals surface area (Å²) in [5.74, 6) is -2.84. The van der Waals surface area contributed by atoms with Crippen LogP contribution < -0.4 is 10.0 Å². The number of sulfonamides is 1. The quantitative estimate of drug-likeness (QED) is 0.133. The summed E-state index contributed by atoms with van der Waals surface area (Å²) in [5.41, 5.74) is 2.59. The Morgan fingerprint density at radius 2 is 1.70 bits per heavy atom. The second-order valence-corrected chi connectivity index (χ2v) is 13.9. The van der Waals surface area contributed by atoms with Gasteiger partial charge in [0.1, 0.15) is 23.4 Å². The molecular weight excluding hydrogens is 728 g/mol. The van der Waals surface area contributed by atoms with E-state index in [4.69, 9.17) is 5.10 Å². The largest absolute Gasteiger partial charge is 0.326 e. The number of unbranched alkanes of at least 4 members (excludes halogenated alkanes) is 1. The summed E-state index contributed by atoms with van der Waals surface area (Å²) in [7, 11) is -4.50. The van der Waals surface area contributed by atoms with Gasteiger partial charge in [0.05, 0.1) is 21.8 Å². The number of hydrogen-bond donors (Lipinski definition) is 2. The summed E-state index contributed by atoms with van der Waals surface area (Å²) in [4.78, 5) is 24.4. The number of aromatic nitrogens is 2. The molecule has 0 aliphatic rings. The van der Waals surface area contributed by atoms with Crippen LogP contribution in [-0.4, -0.2) is 30.0 Å². The van der Waals surface area contributed by atoms with Crippen molar-refractivity contribution in [3.05, 3.63) is 129 Å². The predicted molar refractivity (Wildman–Crippen MR) is 189 cm³/mol. The fraction of sp³-hybridized carbons (Fsp3) is 0.189. The monoisotopic (exact) mass is 759 g/mol. The van der Waals surface area contributed by atoms with Crippen LogP contribution in [0.15, 0.2) is 94.3 Å². The van der Waals surface area contributed by atoms with Gasteiger partial charge in [-0.2, -0.15) is 10.4 Å². The van der Waals surface area contributed by atoms with Crippen LogP contribution in [0.1, 0.15) is 66.0 Å². The van der Waals surface area contributed by atoms with Crippen LogP contribution in [0.3, 0.4) is 0 Å². The number of halogens is 3. The van der Waals surface area contributed by atoms with Crippen molar-refractivity contribution < 1.29 is 26.8 Å². The zero-order chi connectivity index (χ0) is 36.0. The van der Waals surface area contributed by atoms with E-state index < -0.39 is 33.1 Å². The molecule has 1 aromatic heterocycles. The average Bonchev–Trinajstić information content (AvgIpc) is 3.45. The normalized spacial score (nSPS) is 11.2. The maximum Gasteiger partial charge on any atom is 0.267 e. The van der Waals surface area contributed by atoms with Gasteiger partial charge in [-0.15, -0.1) is 0 Å². The number of rotatable bonds is 12. The van der Waals surface area contributed by atoms with Gasteiger partial charge in [0.15, 0.2) is 0 Å². The summed E-state index contributed by atoms with van der Waals surface area (Å²) in [6, 6.07) is 22.5. The molecule has 0 unspecified atom stereocenters. The molecule has 2 N–H and O–H groups in total. The number of hydrogen-bond acceptors (Lipinski definition) is 6. The van der Waals surface area contributed by atoms with Crippen molar-refractivity contribution >= 4 is 43.5 Å². The average molecular weight is 761 g/mol. The second kappa shape index (κ2) is 15.6. The van der Waals surface area contributed by atoms with Gasteiger partial charge in [-0.3, -0.25) is 9.59 Å². The summed E-state index contributed by atoms with van der Waals surface area (Å²) in [6.45, 7) is 3.77. The molecule has 4 aromatic carbocycles. The summed E-state index contributed by atoms with van der Waals surface area (Å²) >= 11 is 3.53. The molecule has 0 atom stereocenters. The number of carbonyl (C=O) groups excluding carboxylic acids is 2. The van der Waals surface area contributed by atoms with E-state index in [9.17, 15) is 27.7 Å². The Labute approximate surface area is 297 Å².